The van der Waals surface area contributed by atoms with Gasteiger partial charge in [0.25, 0.3) is 0 Å². The van der Waals surface area contributed by atoms with Gasteiger partial charge in [0.1, 0.15) is 0 Å². The lowest BCUT2D eigenvalue weighted by molar-refractivity contribution is -0.0325. The van der Waals surface area contributed by atoms with Gasteiger partial charge >= 0.3 is 0 Å². The quantitative estimate of drug-likeness (QED) is 0.862. The SMILES string of the molecule is Cc1noc(CC2(O)CCCN(CC3=CCCCC3)C2)n1. The van der Waals surface area contributed by atoms with Crippen LogP contribution in [0.2, 0.25) is 0 Å². The molecule has 1 unspecified atom stereocenters. The molecule has 2 aliphatic rings. The summed E-state index contributed by atoms with van der Waals surface area (Å²) >= 11 is 0. The van der Waals surface area contributed by atoms with E-state index in [9.17, 15) is 5.11 Å². The second-order valence-corrected chi connectivity index (χ2v) is 6.56. The van der Waals surface area contributed by atoms with Crippen LogP contribution in [0.4, 0.5) is 0 Å². The first-order chi connectivity index (χ1) is 10.1. The summed E-state index contributed by atoms with van der Waals surface area (Å²) in [5.74, 6) is 1.18. The zero-order valence-corrected chi connectivity index (χ0v) is 12.8. The van der Waals surface area contributed by atoms with Gasteiger partial charge in [-0.15, -0.1) is 0 Å². The standard InChI is InChI=1S/C16H25N3O2/c1-13-17-15(21-18-13)10-16(20)8-5-9-19(12-16)11-14-6-3-2-4-7-14/h6,20H,2-5,7-12H2,1H3. The van der Waals surface area contributed by atoms with Gasteiger partial charge < -0.3 is 9.63 Å². The minimum atomic E-state index is -0.730. The number of likely N-dealkylation sites (tertiary alicyclic amines) is 1. The molecular formula is C16H25N3O2. The van der Waals surface area contributed by atoms with E-state index in [4.69, 9.17) is 4.52 Å². The molecule has 1 aliphatic carbocycles. The Balaban J connectivity index is 1.60. The normalized spacial score (nSPS) is 27.6. The molecule has 1 aromatic rings. The average Bonchev–Trinajstić information content (AvgIpc) is 2.84. The number of aliphatic hydroxyl groups is 1. The molecule has 1 saturated heterocycles. The first-order valence-corrected chi connectivity index (χ1v) is 8.05. The highest BCUT2D eigenvalue weighted by Crippen LogP contribution is 2.27. The van der Waals surface area contributed by atoms with E-state index in [0.29, 0.717) is 24.7 Å². The zero-order valence-electron chi connectivity index (χ0n) is 12.8. The number of piperidine rings is 1. The fourth-order valence-electron chi connectivity index (χ4n) is 3.51. The van der Waals surface area contributed by atoms with Crippen LogP contribution in [0.1, 0.15) is 50.2 Å². The molecule has 0 amide bonds. The lowest BCUT2D eigenvalue weighted by Crippen LogP contribution is -2.50. The number of aromatic nitrogens is 2. The number of nitrogens with zero attached hydrogens (tertiary/aromatic N) is 3. The number of β-amino-alcohol motifs (C(OH)–C–C–N with tert-alkyl or cyclic N) is 1. The topological polar surface area (TPSA) is 62.4 Å². The lowest BCUT2D eigenvalue weighted by Gasteiger charge is -2.39. The lowest BCUT2D eigenvalue weighted by atomic mass is 9.88. The molecule has 2 heterocycles. The Bertz CT molecular complexity index is 511. The number of rotatable bonds is 4. The van der Waals surface area contributed by atoms with Crippen molar-refractivity contribution in [2.24, 2.45) is 0 Å². The maximum atomic E-state index is 10.8. The summed E-state index contributed by atoms with van der Waals surface area (Å²) < 4.78 is 5.17. The van der Waals surface area contributed by atoms with Crippen LogP contribution in [-0.4, -0.2) is 45.4 Å². The maximum Gasteiger partial charge on any atom is 0.229 e. The molecule has 21 heavy (non-hydrogen) atoms. The Morgan fingerprint density at radius 2 is 2.29 bits per heavy atom. The summed E-state index contributed by atoms with van der Waals surface area (Å²) in [6.45, 7) is 4.58. The molecule has 5 nitrogen and oxygen atoms in total. The van der Waals surface area contributed by atoms with E-state index >= 15 is 0 Å². The van der Waals surface area contributed by atoms with Crippen molar-refractivity contribution in [3.63, 3.8) is 0 Å². The zero-order chi connectivity index (χ0) is 14.7. The van der Waals surface area contributed by atoms with Gasteiger partial charge in [-0.25, -0.2) is 0 Å². The summed E-state index contributed by atoms with van der Waals surface area (Å²) in [7, 11) is 0. The largest absolute Gasteiger partial charge is 0.388 e. The smallest absolute Gasteiger partial charge is 0.229 e. The maximum absolute atomic E-state index is 10.8. The van der Waals surface area contributed by atoms with Gasteiger partial charge in [0, 0.05) is 13.1 Å². The van der Waals surface area contributed by atoms with Crippen molar-refractivity contribution < 1.29 is 9.63 Å². The van der Waals surface area contributed by atoms with Crippen molar-refractivity contribution in [3.05, 3.63) is 23.4 Å². The van der Waals surface area contributed by atoms with Gasteiger partial charge in [0.05, 0.1) is 12.0 Å². The van der Waals surface area contributed by atoms with Crippen molar-refractivity contribution in [2.75, 3.05) is 19.6 Å². The molecule has 0 aromatic carbocycles. The van der Waals surface area contributed by atoms with Gasteiger partial charge in [0.15, 0.2) is 5.82 Å². The van der Waals surface area contributed by atoms with Crippen LogP contribution in [-0.2, 0) is 6.42 Å². The predicted octanol–water partition coefficient (Wildman–Crippen LogP) is 2.25. The van der Waals surface area contributed by atoms with Gasteiger partial charge in [-0.3, -0.25) is 4.90 Å². The molecule has 116 valence electrons. The summed E-state index contributed by atoms with van der Waals surface area (Å²) in [5.41, 5.74) is 0.811. The summed E-state index contributed by atoms with van der Waals surface area (Å²) in [6, 6.07) is 0. The van der Waals surface area contributed by atoms with E-state index < -0.39 is 5.60 Å². The molecular weight excluding hydrogens is 266 g/mol. The fraction of sp³-hybridized carbons (Fsp3) is 0.750. The molecule has 0 saturated carbocycles. The summed E-state index contributed by atoms with van der Waals surface area (Å²) in [4.78, 5) is 6.60. The van der Waals surface area contributed by atoms with E-state index in [-0.39, 0.29) is 0 Å². The minimum Gasteiger partial charge on any atom is -0.388 e. The molecule has 1 fully saturated rings. The molecule has 1 aliphatic heterocycles. The van der Waals surface area contributed by atoms with Gasteiger partial charge in [-0.2, -0.15) is 4.98 Å². The molecule has 5 heteroatoms. The Morgan fingerprint density at radius 3 is 3.00 bits per heavy atom. The minimum absolute atomic E-state index is 0.462. The average molecular weight is 291 g/mol. The number of allylic oxidation sites excluding steroid dienone is 1. The van der Waals surface area contributed by atoms with E-state index in [1.54, 1.807) is 12.5 Å². The van der Waals surface area contributed by atoms with E-state index in [0.717, 1.165) is 25.9 Å². The third-order valence-electron chi connectivity index (χ3n) is 4.50. The number of hydrogen-bond donors (Lipinski definition) is 1. The van der Waals surface area contributed by atoms with Crippen molar-refractivity contribution in [1.29, 1.82) is 0 Å². The molecule has 0 bridgehead atoms. The van der Waals surface area contributed by atoms with Crippen molar-refractivity contribution in [1.82, 2.24) is 15.0 Å². The third kappa shape index (κ3) is 3.92. The third-order valence-corrected chi connectivity index (χ3v) is 4.50. The summed E-state index contributed by atoms with van der Waals surface area (Å²) in [6.07, 6.45) is 9.75. The van der Waals surface area contributed by atoms with Crippen molar-refractivity contribution in [2.45, 2.75) is 57.5 Å². The molecule has 1 atom stereocenters. The molecule has 0 radical (unpaired) electrons. The molecule has 1 aromatic heterocycles. The second-order valence-electron chi connectivity index (χ2n) is 6.56. The van der Waals surface area contributed by atoms with Crippen LogP contribution in [0, 0.1) is 6.92 Å². The monoisotopic (exact) mass is 291 g/mol. The second kappa shape index (κ2) is 6.28. The van der Waals surface area contributed by atoms with Crippen molar-refractivity contribution >= 4 is 0 Å². The van der Waals surface area contributed by atoms with Gasteiger partial charge in [-0.05, 0) is 52.0 Å². The Morgan fingerprint density at radius 1 is 1.38 bits per heavy atom. The van der Waals surface area contributed by atoms with Crippen LogP contribution in [0.25, 0.3) is 0 Å². The van der Waals surface area contributed by atoms with Crippen LogP contribution in [0.3, 0.4) is 0 Å². The van der Waals surface area contributed by atoms with Gasteiger partial charge in [0.2, 0.25) is 5.89 Å². The van der Waals surface area contributed by atoms with E-state index in [1.807, 2.05) is 0 Å². The predicted molar refractivity (Wildman–Crippen MR) is 79.9 cm³/mol. The van der Waals surface area contributed by atoms with Crippen LogP contribution < -0.4 is 0 Å². The first kappa shape index (κ1) is 14.7. The number of aryl methyl sites for hydroxylation is 1. The highest BCUT2D eigenvalue weighted by atomic mass is 16.5. The van der Waals surface area contributed by atoms with E-state index in [2.05, 4.69) is 21.1 Å². The highest BCUT2D eigenvalue weighted by Gasteiger charge is 2.35. The molecule has 3 rings (SSSR count). The van der Waals surface area contributed by atoms with Crippen LogP contribution in [0.5, 0.6) is 0 Å². The number of hydrogen-bond acceptors (Lipinski definition) is 5. The molecule has 1 N–H and O–H groups in total. The first-order valence-electron chi connectivity index (χ1n) is 8.05. The molecule has 0 spiro atoms. The Kier molecular flexibility index (Phi) is 4.40. The Labute approximate surface area is 126 Å². The van der Waals surface area contributed by atoms with Gasteiger partial charge in [-0.1, -0.05) is 16.8 Å². The van der Waals surface area contributed by atoms with Crippen molar-refractivity contribution in [3.8, 4) is 0 Å². The van der Waals surface area contributed by atoms with Crippen LogP contribution in [0.15, 0.2) is 16.2 Å². The highest BCUT2D eigenvalue weighted by molar-refractivity contribution is 5.08. The summed E-state index contributed by atoms with van der Waals surface area (Å²) in [5, 5.41) is 14.7. The van der Waals surface area contributed by atoms with E-state index in [1.165, 1.54) is 25.7 Å². The Hall–Kier alpha value is -1.20. The van der Waals surface area contributed by atoms with Crippen LogP contribution >= 0.6 is 0 Å². The fourth-order valence-corrected chi connectivity index (χ4v) is 3.51.